The highest BCUT2D eigenvalue weighted by molar-refractivity contribution is 9.09. The number of aliphatic hydroxyl groups excluding tert-OH is 1. The van der Waals surface area contributed by atoms with Gasteiger partial charge in [0.25, 0.3) is 0 Å². The minimum Gasteiger partial charge on any atom is -0.511 e. The summed E-state index contributed by atoms with van der Waals surface area (Å²) in [7, 11) is 0. The van der Waals surface area contributed by atoms with Gasteiger partial charge in [-0.2, -0.15) is 0 Å². The number of Topliss-reactive ketones (excluding diaryl/α,β-unsaturated/α-hetero) is 1. The predicted octanol–water partition coefficient (Wildman–Crippen LogP) is 3.90. The Hall–Kier alpha value is -0.310. The number of rotatable bonds is 1. The van der Waals surface area contributed by atoms with Gasteiger partial charge in [-0.1, -0.05) is 41.6 Å². The van der Waals surface area contributed by atoms with Crippen LogP contribution in [0.3, 0.4) is 0 Å². The van der Waals surface area contributed by atoms with Gasteiger partial charge in [0.05, 0.1) is 5.33 Å². The Morgan fingerprint density at radius 1 is 1.07 bits per heavy atom. The first kappa shape index (κ1) is 12.8. The highest BCUT2D eigenvalue weighted by atomic mass is 79.9. The first-order valence-corrected chi connectivity index (χ1v) is 6.88. The van der Waals surface area contributed by atoms with Crippen molar-refractivity contribution in [2.24, 2.45) is 0 Å². The van der Waals surface area contributed by atoms with Crippen LogP contribution in [0, 0.1) is 0 Å². The molecular formula is C12H19BrO2. The highest BCUT2D eigenvalue weighted by Gasteiger charge is 2.14. The summed E-state index contributed by atoms with van der Waals surface area (Å²) >= 11 is 3.20. The molecule has 15 heavy (non-hydrogen) atoms. The van der Waals surface area contributed by atoms with Gasteiger partial charge in [-0.05, 0) is 19.3 Å². The molecule has 0 amide bonds. The van der Waals surface area contributed by atoms with E-state index in [1.807, 2.05) is 0 Å². The Balaban J connectivity index is 2.67. The fraction of sp³-hybridized carbons (Fsp3) is 0.750. The summed E-state index contributed by atoms with van der Waals surface area (Å²) in [6, 6.07) is 0. The molecule has 0 saturated heterocycles. The predicted molar refractivity (Wildman–Crippen MR) is 65.4 cm³/mol. The molecule has 3 heteroatoms. The fourth-order valence-electron chi connectivity index (χ4n) is 1.97. The van der Waals surface area contributed by atoms with Crippen LogP contribution in [0.4, 0.5) is 0 Å². The summed E-state index contributed by atoms with van der Waals surface area (Å²) in [5.41, 5.74) is 0.661. The van der Waals surface area contributed by atoms with Gasteiger partial charge in [0.2, 0.25) is 0 Å². The van der Waals surface area contributed by atoms with Crippen LogP contribution in [-0.2, 0) is 4.79 Å². The minimum atomic E-state index is 0.147. The molecule has 0 radical (unpaired) electrons. The molecule has 1 N–H and O–H groups in total. The molecule has 0 heterocycles. The largest absolute Gasteiger partial charge is 0.511 e. The van der Waals surface area contributed by atoms with E-state index in [-0.39, 0.29) is 11.5 Å². The van der Waals surface area contributed by atoms with Crippen molar-refractivity contribution in [2.45, 2.75) is 51.4 Å². The molecule has 0 aromatic rings. The zero-order valence-electron chi connectivity index (χ0n) is 9.10. The van der Waals surface area contributed by atoms with E-state index in [9.17, 15) is 9.90 Å². The molecule has 0 aliphatic heterocycles. The Morgan fingerprint density at radius 3 is 2.20 bits per heavy atom. The molecule has 2 nitrogen and oxygen atoms in total. The Morgan fingerprint density at radius 2 is 1.60 bits per heavy atom. The topological polar surface area (TPSA) is 37.3 Å². The maximum absolute atomic E-state index is 11.8. The summed E-state index contributed by atoms with van der Waals surface area (Å²) in [5.74, 6) is 0.384. The smallest absolute Gasteiger partial charge is 0.162 e. The summed E-state index contributed by atoms with van der Waals surface area (Å²) in [4.78, 5) is 11.8. The van der Waals surface area contributed by atoms with Crippen LogP contribution in [0.5, 0.6) is 0 Å². The van der Waals surface area contributed by atoms with Crippen molar-refractivity contribution in [2.75, 3.05) is 5.33 Å². The van der Waals surface area contributed by atoms with E-state index < -0.39 is 0 Å². The van der Waals surface area contributed by atoms with Crippen molar-refractivity contribution in [3.8, 4) is 0 Å². The normalized spacial score (nSPS) is 23.7. The van der Waals surface area contributed by atoms with Crippen LogP contribution in [0.25, 0.3) is 0 Å². The first-order chi connectivity index (χ1) is 7.25. The number of hydrogen-bond acceptors (Lipinski definition) is 2. The molecular weight excluding hydrogens is 256 g/mol. The third-order valence-electron chi connectivity index (χ3n) is 2.89. The number of aliphatic hydroxyl groups is 1. The second-order valence-electron chi connectivity index (χ2n) is 4.10. The molecule has 1 rings (SSSR count). The molecule has 0 atom stereocenters. The average molecular weight is 275 g/mol. The van der Waals surface area contributed by atoms with Crippen LogP contribution in [0.1, 0.15) is 51.4 Å². The number of ketones is 1. The number of carbonyl (C=O) groups is 1. The number of hydrogen-bond donors (Lipinski definition) is 1. The molecule has 0 aromatic carbocycles. The van der Waals surface area contributed by atoms with Gasteiger partial charge >= 0.3 is 0 Å². The van der Waals surface area contributed by atoms with Crippen molar-refractivity contribution in [3.05, 3.63) is 11.3 Å². The minimum absolute atomic E-state index is 0.147. The van der Waals surface area contributed by atoms with Crippen LogP contribution in [-0.4, -0.2) is 16.2 Å². The lowest BCUT2D eigenvalue weighted by Gasteiger charge is -2.11. The Bertz CT molecular complexity index is 246. The van der Waals surface area contributed by atoms with Gasteiger partial charge < -0.3 is 5.11 Å². The van der Waals surface area contributed by atoms with E-state index in [1.165, 1.54) is 19.3 Å². The van der Waals surface area contributed by atoms with E-state index in [1.54, 1.807) is 0 Å². The molecule has 1 saturated carbocycles. The van der Waals surface area contributed by atoms with E-state index in [0.29, 0.717) is 17.3 Å². The Kier molecular flexibility index (Phi) is 5.99. The fourth-order valence-corrected chi connectivity index (χ4v) is 2.31. The maximum atomic E-state index is 11.8. The second kappa shape index (κ2) is 7.04. The standard InChI is InChI=1S/C12H19BrO2/c13-9-12(15)10-7-5-3-1-2-4-6-8-11(10)14/h15H,1-9H2. The van der Waals surface area contributed by atoms with E-state index >= 15 is 0 Å². The lowest BCUT2D eigenvalue weighted by molar-refractivity contribution is -0.116. The zero-order chi connectivity index (χ0) is 11.1. The molecule has 1 aliphatic carbocycles. The second-order valence-corrected chi connectivity index (χ2v) is 4.66. The number of halogens is 1. The highest BCUT2D eigenvalue weighted by Crippen LogP contribution is 2.21. The van der Waals surface area contributed by atoms with E-state index in [2.05, 4.69) is 15.9 Å². The van der Waals surface area contributed by atoms with E-state index in [0.717, 1.165) is 25.7 Å². The summed E-state index contributed by atoms with van der Waals surface area (Å²) in [5, 5.41) is 10.0. The summed E-state index contributed by atoms with van der Waals surface area (Å²) < 4.78 is 0. The van der Waals surface area contributed by atoms with Gasteiger partial charge in [-0.25, -0.2) is 0 Å². The number of alkyl halides is 1. The molecule has 1 aliphatic rings. The van der Waals surface area contributed by atoms with Crippen molar-refractivity contribution in [1.82, 2.24) is 0 Å². The van der Waals surface area contributed by atoms with Crippen LogP contribution in [0.2, 0.25) is 0 Å². The van der Waals surface area contributed by atoms with Crippen molar-refractivity contribution in [1.29, 1.82) is 0 Å². The third kappa shape index (κ3) is 4.37. The molecule has 0 spiro atoms. The van der Waals surface area contributed by atoms with Gasteiger partial charge in [0.15, 0.2) is 5.78 Å². The van der Waals surface area contributed by atoms with Crippen LogP contribution < -0.4 is 0 Å². The SMILES string of the molecule is O=C1CCCCCCCCC1=C(O)CBr. The molecule has 0 bridgehead atoms. The third-order valence-corrected chi connectivity index (χ3v) is 3.42. The summed E-state index contributed by atoms with van der Waals surface area (Å²) in [6.07, 6.45) is 8.17. The lowest BCUT2D eigenvalue weighted by atomic mass is 9.95. The molecule has 86 valence electrons. The zero-order valence-corrected chi connectivity index (χ0v) is 10.7. The maximum Gasteiger partial charge on any atom is 0.162 e. The average Bonchev–Trinajstić information content (AvgIpc) is 2.26. The van der Waals surface area contributed by atoms with Gasteiger partial charge in [-0.3, -0.25) is 4.79 Å². The first-order valence-electron chi connectivity index (χ1n) is 5.76. The van der Waals surface area contributed by atoms with Crippen molar-refractivity contribution < 1.29 is 9.90 Å². The van der Waals surface area contributed by atoms with Gasteiger partial charge in [0.1, 0.15) is 5.76 Å². The lowest BCUT2D eigenvalue weighted by Crippen LogP contribution is -2.08. The quantitative estimate of drug-likeness (QED) is 0.447. The van der Waals surface area contributed by atoms with Crippen molar-refractivity contribution >= 4 is 21.7 Å². The summed E-state index contributed by atoms with van der Waals surface area (Å²) in [6.45, 7) is 0. The monoisotopic (exact) mass is 274 g/mol. The molecule has 0 aromatic heterocycles. The molecule has 0 unspecified atom stereocenters. The van der Waals surface area contributed by atoms with Gasteiger partial charge in [0, 0.05) is 12.0 Å². The number of carbonyl (C=O) groups excluding carboxylic acids is 1. The van der Waals surface area contributed by atoms with Crippen LogP contribution >= 0.6 is 15.9 Å². The van der Waals surface area contributed by atoms with Crippen molar-refractivity contribution in [3.63, 3.8) is 0 Å². The number of allylic oxidation sites excluding steroid dienone is 2. The Labute approximate surface area is 99.9 Å². The van der Waals surface area contributed by atoms with E-state index in [4.69, 9.17) is 0 Å². The van der Waals surface area contributed by atoms with Gasteiger partial charge in [-0.15, -0.1) is 0 Å². The molecule has 1 fully saturated rings. The van der Waals surface area contributed by atoms with Crippen LogP contribution in [0.15, 0.2) is 11.3 Å².